The number of nitrogens with zero attached hydrogens (tertiary/aromatic N) is 2. The molecule has 0 unspecified atom stereocenters. The van der Waals surface area contributed by atoms with E-state index in [4.69, 9.17) is 9.15 Å². The van der Waals surface area contributed by atoms with Crippen LogP contribution in [-0.2, 0) is 6.42 Å². The minimum absolute atomic E-state index is 0.0884. The number of rotatable bonds is 7. The van der Waals surface area contributed by atoms with Crippen LogP contribution in [0.5, 0.6) is 5.75 Å². The molecule has 0 aliphatic heterocycles. The maximum absolute atomic E-state index is 12.3. The van der Waals surface area contributed by atoms with Crippen LogP contribution in [0.15, 0.2) is 57.8 Å². The standard InChI is InChI=1S/C19H19N3O3S/c1-3-26-16-10-6-14(7-11-16)18(23)20-19-22-21-17(25-19)12-13-4-8-15(24-2)9-5-13/h4-11H,3,12H2,1-2H3,(H,20,22,23). The number of hydrogen-bond acceptors (Lipinski definition) is 6. The molecule has 134 valence electrons. The monoisotopic (exact) mass is 369 g/mol. The zero-order chi connectivity index (χ0) is 18.4. The molecule has 0 aliphatic carbocycles. The lowest BCUT2D eigenvalue weighted by atomic mass is 10.1. The molecule has 1 amide bonds. The van der Waals surface area contributed by atoms with Crippen molar-refractivity contribution in [3.05, 3.63) is 65.5 Å². The van der Waals surface area contributed by atoms with Crippen LogP contribution < -0.4 is 10.1 Å². The Kier molecular flexibility index (Phi) is 5.91. The third kappa shape index (κ3) is 4.64. The van der Waals surface area contributed by atoms with Gasteiger partial charge in [0.05, 0.1) is 13.5 Å². The van der Waals surface area contributed by atoms with Gasteiger partial charge in [-0.1, -0.05) is 24.2 Å². The molecule has 0 spiro atoms. The second-order valence-corrected chi connectivity index (χ2v) is 6.77. The molecule has 0 bridgehead atoms. The highest BCUT2D eigenvalue weighted by molar-refractivity contribution is 7.99. The van der Waals surface area contributed by atoms with E-state index in [1.165, 1.54) is 0 Å². The Labute approximate surface area is 156 Å². The molecule has 0 aliphatic rings. The molecule has 0 radical (unpaired) electrons. The van der Waals surface area contributed by atoms with Gasteiger partial charge in [0.15, 0.2) is 0 Å². The van der Waals surface area contributed by atoms with Crippen LogP contribution in [0, 0.1) is 0 Å². The first-order chi connectivity index (χ1) is 12.7. The minimum atomic E-state index is -0.280. The van der Waals surface area contributed by atoms with E-state index in [1.807, 2.05) is 36.4 Å². The summed E-state index contributed by atoms with van der Waals surface area (Å²) >= 11 is 1.73. The van der Waals surface area contributed by atoms with Gasteiger partial charge in [-0.25, -0.2) is 0 Å². The molecule has 3 rings (SSSR count). The molecule has 6 nitrogen and oxygen atoms in total. The van der Waals surface area contributed by atoms with Crippen LogP contribution in [0.1, 0.15) is 28.7 Å². The first-order valence-electron chi connectivity index (χ1n) is 8.17. The summed E-state index contributed by atoms with van der Waals surface area (Å²) in [5.74, 6) is 1.93. The lowest BCUT2D eigenvalue weighted by Crippen LogP contribution is -2.11. The molecule has 0 saturated carbocycles. The van der Waals surface area contributed by atoms with Crippen molar-refractivity contribution in [2.75, 3.05) is 18.2 Å². The fourth-order valence-corrected chi connectivity index (χ4v) is 2.99. The molecular weight excluding hydrogens is 350 g/mol. The fourth-order valence-electron chi connectivity index (χ4n) is 2.33. The van der Waals surface area contributed by atoms with Crippen molar-refractivity contribution < 1.29 is 13.9 Å². The number of methoxy groups -OCH3 is 1. The molecule has 0 atom stereocenters. The molecule has 2 aromatic carbocycles. The lowest BCUT2D eigenvalue weighted by molar-refractivity contribution is 0.102. The minimum Gasteiger partial charge on any atom is -0.497 e. The van der Waals surface area contributed by atoms with Crippen LogP contribution in [0.2, 0.25) is 0 Å². The Bertz CT molecular complexity index is 860. The van der Waals surface area contributed by atoms with Gasteiger partial charge in [-0.3, -0.25) is 10.1 Å². The van der Waals surface area contributed by atoms with Crippen molar-refractivity contribution >= 4 is 23.7 Å². The summed E-state index contributed by atoms with van der Waals surface area (Å²) in [7, 11) is 1.62. The van der Waals surface area contributed by atoms with E-state index in [1.54, 1.807) is 31.0 Å². The molecule has 7 heteroatoms. The predicted molar refractivity (Wildman–Crippen MR) is 101 cm³/mol. The largest absolute Gasteiger partial charge is 0.497 e. The normalized spacial score (nSPS) is 10.5. The highest BCUT2D eigenvalue weighted by atomic mass is 32.2. The molecule has 3 aromatic rings. The fraction of sp³-hybridized carbons (Fsp3) is 0.211. The van der Waals surface area contributed by atoms with E-state index in [0.29, 0.717) is 17.9 Å². The van der Waals surface area contributed by atoms with E-state index >= 15 is 0 Å². The van der Waals surface area contributed by atoms with Crippen molar-refractivity contribution in [1.29, 1.82) is 0 Å². The Balaban J connectivity index is 1.61. The first kappa shape index (κ1) is 18.0. The summed E-state index contributed by atoms with van der Waals surface area (Å²) in [4.78, 5) is 13.4. The Morgan fingerprint density at radius 3 is 2.50 bits per heavy atom. The van der Waals surface area contributed by atoms with Crippen LogP contribution in [0.3, 0.4) is 0 Å². The smallest absolute Gasteiger partial charge is 0.322 e. The zero-order valence-corrected chi connectivity index (χ0v) is 15.4. The third-order valence-corrected chi connectivity index (χ3v) is 4.52. The maximum atomic E-state index is 12.3. The van der Waals surface area contributed by atoms with Crippen molar-refractivity contribution in [2.45, 2.75) is 18.2 Å². The molecule has 0 fully saturated rings. The highest BCUT2D eigenvalue weighted by Gasteiger charge is 2.12. The second-order valence-electron chi connectivity index (χ2n) is 5.44. The van der Waals surface area contributed by atoms with Gasteiger partial charge in [0.25, 0.3) is 5.91 Å². The van der Waals surface area contributed by atoms with E-state index in [-0.39, 0.29) is 11.9 Å². The van der Waals surface area contributed by atoms with E-state index < -0.39 is 0 Å². The van der Waals surface area contributed by atoms with Crippen LogP contribution >= 0.6 is 11.8 Å². The number of aromatic nitrogens is 2. The Morgan fingerprint density at radius 1 is 1.12 bits per heavy atom. The predicted octanol–water partition coefficient (Wildman–Crippen LogP) is 4.03. The Hall–Kier alpha value is -2.80. The lowest BCUT2D eigenvalue weighted by Gasteiger charge is -2.02. The summed E-state index contributed by atoms with van der Waals surface area (Å²) < 4.78 is 10.6. The number of hydrogen-bond donors (Lipinski definition) is 1. The van der Waals surface area contributed by atoms with Gasteiger partial charge >= 0.3 is 6.01 Å². The van der Waals surface area contributed by atoms with E-state index in [0.717, 1.165) is 22.0 Å². The van der Waals surface area contributed by atoms with Crippen molar-refractivity contribution in [2.24, 2.45) is 0 Å². The average molecular weight is 369 g/mol. The Morgan fingerprint density at radius 2 is 1.85 bits per heavy atom. The van der Waals surface area contributed by atoms with Gasteiger partial charge < -0.3 is 9.15 Å². The molecular formula is C19H19N3O3S. The van der Waals surface area contributed by atoms with Gasteiger partial charge in [0.1, 0.15) is 5.75 Å². The first-order valence-corrected chi connectivity index (χ1v) is 9.16. The van der Waals surface area contributed by atoms with Gasteiger partial charge in [-0.15, -0.1) is 16.9 Å². The molecule has 1 N–H and O–H groups in total. The summed E-state index contributed by atoms with van der Waals surface area (Å²) in [6.07, 6.45) is 0.482. The van der Waals surface area contributed by atoms with Gasteiger partial charge in [0.2, 0.25) is 5.89 Å². The average Bonchev–Trinajstić information content (AvgIpc) is 3.10. The summed E-state index contributed by atoms with van der Waals surface area (Å²) in [5, 5.41) is 10.5. The number of amides is 1. The number of carbonyl (C=O) groups is 1. The molecule has 1 aromatic heterocycles. The molecule has 0 saturated heterocycles. The van der Waals surface area contributed by atoms with Crippen molar-refractivity contribution in [1.82, 2.24) is 10.2 Å². The quantitative estimate of drug-likeness (QED) is 0.634. The number of anilines is 1. The zero-order valence-electron chi connectivity index (χ0n) is 14.6. The van der Waals surface area contributed by atoms with Crippen molar-refractivity contribution in [3.63, 3.8) is 0 Å². The molecule has 26 heavy (non-hydrogen) atoms. The van der Waals surface area contributed by atoms with Crippen LogP contribution in [0.4, 0.5) is 6.01 Å². The summed E-state index contributed by atoms with van der Waals surface area (Å²) in [6, 6.07) is 15.1. The highest BCUT2D eigenvalue weighted by Crippen LogP contribution is 2.19. The number of benzene rings is 2. The molecule has 1 heterocycles. The number of nitrogens with one attached hydrogen (secondary N) is 1. The van der Waals surface area contributed by atoms with Gasteiger partial charge in [-0.05, 0) is 47.7 Å². The summed E-state index contributed by atoms with van der Waals surface area (Å²) in [5.41, 5.74) is 1.55. The van der Waals surface area contributed by atoms with Crippen molar-refractivity contribution in [3.8, 4) is 5.75 Å². The summed E-state index contributed by atoms with van der Waals surface area (Å²) in [6.45, 7) is 2.09. The van der Waals surface area contributed by atoms with Gasteiger partial charge in [0, 0.05) is 10.5 Å². The van der Waals surface area contributed by atoms with E-state index in [9.17, 15) is 4.79 Å². The van der Waals surface area contributed by atoms with Crippen LogP contribution in [0.25, 0.3) is 0 Å². The topological polar surface area (TPSA) is 77.2 Å². The van der Waals surface area contributed by atoms with Crippen LogP contribution in [-0.4, -0.2) is 29.0 Å². The number of thioether (sulfide) groups is 1. The second kappa shape index (κ2) is 8.53. The third-order valence-electron chi connectivity index (χ3n) is 3.63. The maximum Gasteiger partial charge on any atom is 0.322 e. The number of carbonyl (C=O) groups excluding carboxylic acids is 1. The van der Waals surface area contributed by atoms with Gasteiger partial charge in [-0.2, -0.15) is 0 Å². The SMILES string of the molecule is CCSc1ccc(C(=O)Nc2nnc(Cc3ccc(OC)cc3)o2)cc1. The van der Waals surface area contributed by atoms with E-state index in [2.05, 4.69) is 22.4 Å². The number of ether oxygens (including phenoxy) is 1.